The molecule has 0 aliphatic carbocycles. The van der Waals surface area contributed by atoms with Gasteiger partial charge in [-0.15, -0.1) is 0 Å². The van der Waals surface area contributed by atoms with Crippen molar-refractivity contribution in [3.63, 3.8) is 0 Å². The molecule has 0 aromatic carbocycles. The van der Waals surface area contributed by atoms with Crippen LogP contribution in [0.1, 0.15) is 117 Å². The molecule has 0 atom stereocenters. The van der Waals surface area contributed by atoms with E-state index < -0.39 is 0 Å². The highest BCUT2D eigenvalue weighted by molar-refractivity contribution is 5.83. The second-order valence-electron chi connectivity index (χ2n) is 6.71. The highest BCUT2D eigenvalue weighted by Crippen LogP contribution is 2.11. The smallest absolute Gasteiger partial charge is 0.0568 e. The summed E-state index contributed by atoms with van der Waals surface area (Å²) in [6, 6.07) is 0. The fourth-order valence-electron chi connectivity index (χ4n) is 2.87. The highest BCUT2D eigenvalue weighted by atomic mass is 16.4. The molecule has 2 nitrogen and oxygen atoms in total. The van der Waals surface area contributed by atoms with Crippen LogP contribution in [0.4, 0.5) is 0 Å². The van der Waals surface area contributed by atoms with Crippen molar-refractivity contribution in [3.8, 4) is 0 Å². The van der Waals surface area contributed by atoms with Gasteiger partial charge in [0.25, 0.3) is 0 Å². The van der Waals surface area contributed by atoms with E-state index in [-0.39, 0.29) is 0 Å². The Morgan fingerprint density at radius 2 is 1.17 bits per heavy atom. The predicted octanol–water partition coefficient (Wildman–Crippen LogP) is 7.65. The lowest BCUT2D eigenvalue weighted by Crippen LogP contribution is -1.95. The van der Waals surface area contributed by atoms with E-state index in [1.165, 1.54) is 89.9 Å². The Morgan fingerprint density at radius 3 is 1.65 bits per heavy atom. The molecule has 0 saturated heterocycles. The summed E-state index contributed by atoms with van der Waals surface area (Å²) in [5.41, 5.74) is 0.945. The van der Waals surface area contributed by atoms with E-state index in [1.807, 2.05) is 0 Å². The molecule has 0 heterocycles. The molecule has 0 aliphatic heterocycles. The first-order valence-corrected chi connectivity index (χ1v) is 10.2. The number of nitrogens with zero attached hydrogens (tertiary/aromatic N) is 1. The Balaban J connectivity index is 3.16. The zero-order chi connectivity index (χ0) is 17.0. The van der Waals surface area contributed by atoms with Gasteiger partial charge in [-0.1, -0.05) is 88.9 Å². The standard InChI is InChI=1S/C21H41NO/c1-3-5-6-7-8-9-10-11-12-13-14-15-16-17-18-19-20-21(4-2)22-23/h11-12,23H,3-10,13-20H2,1-2H3/b12-11-,22-21+. The largest absolute Gasteiger partial charge is 0.411 e. The van der Waals surface area contributed by atoms with Crippen LogP contribution in [0.5, 0.6) is 0 Å². The SMILES string of the molecule is CCCCCCCC/C=C\CCCCCCCC/C(CC)=N/O. The van der Waals surface area contributed by atoms with Gasteiger partial charge >= 0.3 is 0 Å². The molecule has 0 aromatic rings. The van der Waals surface area contributed by atoms with Crippen molar-refractivity contribution in [2.75, 3.05) is 0 Å². The molecule has 0 radical (unpaired) electrons. The lowest BCUT2D eigenvalue weighted by atomic mass is 10.1. The van der Waals surface area contributed by atoms with Crippen LogP contribution in [0.15, 0.2) is 17.3 Å². The summed E-state index contributed by atoms with van der Waals surface area (Å²) in [7, 11) is 0. The summed E-state index contributed by atoms with van der Waals surface area (Å²) in [5.74, 6) is 0. The van der Waals surface area contributed by atoms with Crippen molar-refractivity contribution in [2.24, 2.45) is 5.16 Å². The maximum atomic E-state index is 8.73. The van der Waals surface area contributed by atoms with E-state index in [0.29, 0.717) is 0 Å². The van der Waals surface area contributed by atoms with Gasteiger partial charge in [-0.2, -0.15) is 0 Å². The fraction of sp³-hybridized carbons (Fsp3) is 0.857. The van der Waals surface area contributed by atoms with Gasteiger partial charge in [0.1, 0.15) is 0 Å². The zero-order valence-corrected chi connectivity index (χ0v) is 15.9. The van der Waals surface area contributed by atoms with E-state index in [9.17, 15) is 0 Å². The van der Waals surface area contributed by atoms with Gasteiger partial charge < -0.3 is 5.21 Å². The summed E-state index contributed by atoms with van der Waals surface area (Å²) in [5, 5.41) is 12.1. The van der Waals surface area contributed by atoms with E-state index >= 15 is 0 Å². The van der Waals surface area contributed by atoms with Crippen LogP contribution in [0.25, 0.3) is 0 Å². The molecular weight excluding hydrogens is 282 g/mol. The number of rotatable bonds is 17. The van der Waals surface area contributed by atoms with Gasteiger partial charge in [0.2, 0.25) is 0 Å². The van der Waals surface area contributed by atoms with Gasteiger partial charge in [0.15, 0.2) is 0 Å². The minimum absolute atomic E-state index is 0.877. The Morgan fingerprint density at radius 1 is 0.696 bits per heavy atom. The van der Waals surface area contributed by atoms with Crippen molar-refractivity contribution in [2.45, 2.75) is 117 Å². The highest BCUT2D eigenvalue weighted by Gasteiger charge is 1.97. The first kappa shape index (κ1) is 22.2. The molecule has 0 amide bonds. The number of allylic oxidation sites excluding steroid dienone is 2. The summed E-state index contributed by atoms with van der Waals surface area (Å²) in [4.78, 5) is 0. The molecular formula is C21H41NO. The minimum Gasteiger partial charge on any atom is -0.411 e. The molecule has 2 heteroatoms. The molecule has 0 saturated carbocycles. The summed E-state index contributed by atoms with van der Waals surface area (Å²) >= 11 is 0. The topological polar surface area (TPSA) is 32.6 Å². The van der Waals surface area contributed by atoms with Crippen LogP contribution >= 0.6 is 0 Å². The lowest BCUT2D eigenvalue weighted by Gasteiger charge is -2.02. The molecule has 0 bridgehead atoms. The van der Waals surface area contributed by atoms with Crippen molar-refractivity contribution in [1.29, 1.82) is 0 Å². The third-order valence-corrected chi connectivity index (χ3v) is 4.53. The van der Waals surface area contributed by atoms with Crippen molar-refractivity contribution in [1.82, 2.24) is 0 Å². The van der Waals surface area contributed by atoms with E-state index in [0.717, 1.165) is 18.6 Å². The van der Waals surface area contributed by atoms with Crippen LogP contribution in [-0.4, -0.2) is 10.9 Å². The molecule has 0 aliphatic rings. The molecule has 0 rings (SSSR count). The molecule has 136 valence electrons. The second kappa shape index (κ2) is 19.3. The summed E-state index contributed by atoms with van der Waals surface area (Å²) in [6.45, 7) is 4.33. The number of oxime groups is 1. The molecule has 0 unspecified atom stereocenters. The molecule has 0 spiro atoms. The third kappa shape index (κ3) is 17.4. The average Bonchev–Trinajstić information content (AvgIpc) is 2.58. The fourth-order valence-corrected chi connectivity index (χ4v) is 2.87. The number of hydrogen-bond donors (Lipinski definition) is 1. The van der Waals surface area contributed by atoms with Gasteiger partial charge in [-0.3, -0.25) is 0 Å². The molecule has 0 fully saturated rings. The maximum Gasteiger partial charge on any atom is 0.0568 e. The van der Waals surface area contributed by atoms with E-state index in [2.05, 4.69) is 31.2 Å². The lowest BCUT2D eigenvalue weighted by molar-refractivity contribution is 0.316. The zero-order valence-electron chi connectivity index (χ0n) is 15.9. The number of unbranched alkanes of at least 4 members (excludes halogenated alkanes) is 12. The van der Waals surface area contributed by atoms with Crippen LogP contribution < -0.4 is 0 Å². The monoisotopic (exact) mass is 323 g/mol. The quantitative estimate of drug-likeness (QED) is 0.0962. The molecule has 0 aromatic heterocycles. The third-order valence-electron chi connectivity index (χ3n) is 4.53. The predicted molar refractivity (Wildman–Crippen MR) is 104 cm³/mol. The van der Waals surface area contributed by atoms with Crippen LogP contribution in [0, 0.1) is 0 Å². The Hall–Kier alpha value is -0.790. The van der Waals surface area contributed by atoms with Gasteiger partial charge in [-0.25, -0.2) is 0 Å². The molecule has 1 N–H and O–H groups in total. The Labute approximate surface area is 145 Å². The average molecular weight is 324 g/mol. The minimum atomic E-state index is 0.877. The first-order valence-electron chi connectivity index (χ1n) is 10.2. The Kier molecular flexibility index (Phi) is 18.6. The van der Waals surface area contributed by atoms with Crippen molar-refractivity contribution < 1.29 is 5.21 Å². The van der Waals surface area contributed by atoms with Gasteiger partial charge in [0, 0.05) is 0 Å². The number of hydrogen-bond acceptors (Lipinski definition) is 2. The van der Waals surface area contributed by atoms with Gasteiger partial charge in [0.05, 0.1) is 5.71 Å². The van der Waals surface area contributed by atoms with E-state index in [1.54, 1.807) is 0 Å². The molecule has 23 heavy (non-hydrogen) atoms. The Bertz CT molecular complexity index is 284. The second-order valence-corrected chi connectivity index (χ2v) is 6.71. The van der Waals surface area contributed by atoms with Crippen LogP contribution in [-0.2, 0) is 0 Å². The van der Waals surface area contributed by atoms with Crippen LogP contribution in [0.3, 0.4) is 0 Å². The van der Waals surface area contributed by atoms with Crippen LogP contribution in [0.2, 0.25) is 0 Å². The van der Waals surface area contributed by atoms with Gasteiger partial charge in [-0.05, 0) is 44.9 Å². The first-order chi connectivity index (χ1) is 11.3. The van der Waals surface area contributed by atoms with E-state index in [4.69, 9.17) is 5.21 Å². The summed E-state index contributed by atoms with van der Waals surface area (Å²) in [6.07, 6.45) is 25.3. The van der Waals surface area contributed by atoms with Crippen molar-refractivity contribution >= 4 is 5.71 Å². The summed E-state index contributed by atoms with van der Waals surface area (Å²) < 4.78 is 0. The maximum absolute atomic E-state index is 8.73. The normalized spacial score (nSPS) is 12.3. The van der Waals surface area contributed by atoms with Crippen molar-refractivity contribution in [3.05, 3.63) is 12.2 Å².